The third-order valence-corrected chi connectivity index (χ3v) is 3.52. The summed E-state index contributed by atoms with van der Waals surface area (Å²) in [4.78, 5) is 15.5. The summed E-state index contributed by atoms with van der Waals surface area (Å²) in [7, 11) is 0. The van der Waals surface area contributed by atoms with E-state index in [1.807, 2.05) is 30.5 Å². The maximum atomic E-state index is 6.21. The highest BCUT2D eigenvalue weighted by atomic mass is 35.5. The number of hydrogen-bond acceptors (Lipinski definition) is 4. The lowest BCUT2D eigenvalue weighted by atomic mass is 10.1. The Morgan fingerprint density at radius 2 is 2.00 bits per heavy atom. The minimum atomic E-state index is 0.606. The van der Waals surface area contributed by atoms with Gasteiger partial charge < -0.3 is 4.98 Å². The van der Waals surface area contributed by atoms with Gasteiger partial charge in [-0.15, -0.1) is 0 Å². The second kappa shape index (κ2) is 4.68. The Kier molecular flexibility index (Phi) is 2.68. The molecule has 7 heteroatoms. The lowest BCUT2D eigenvalue weighted by molar-refractivity contribution is 0.848. The molecular formula is C14H9ClN6. The Hall–Kier alpha value is -2.73. The Balaban J connectivity index is 1.85. The molecule has 1 N–H and O–H groups in total. The quantitative estimate of drug-likeness (QED) is 0.617. The molecule has 0 amide bonds. The van der Waals surface area contributed by atoms with Gasteiger partial charge >= 0.3 is 0 Å². The van der Waals surface area contributed by atoms with Crippen molar-refractivity contribution in [1.29, 1.82) is 0 Å². The molecule has 21 heavy (non-hydrogen) atoms. The van der Waals surface area contributed by atoms with Crippen molar-refractivity contribution in [2.24, 2.45) is 0 Å². The molecule has 4 aromatic rings. The summed E-state index contributed by atoms with van der Waals surface area (Å²) in [6, 6.07) is 7.65. The third-order valence-electron chi connectivity index (χ3n) is 3.19. The summed E-state index contributed by atoms with van der Waals surface area (Å²) >= 11 is 6.21. The van der Waals surface area contributed by atoms with Gasteiger partial charge in [-0.05, 0) is 6.07 Å². The van der Waals surface area contributed by atoms with Crippen LogP contribution in [0.15, 0.2) is 49.3 Å². The molecule has 0 unspecified atom stereocenters. The van der Waals surface area contributed by atoms with Crippen LogP contribution in [0.1, 0.15) is 0 Å². The molecule has 0 atom stereocenters. The van der Waals surface area contributed by atoms with Crippen molar-refractivity contribution >= 4 is 22.8 Å². The highest BCUT2D eigenvalue weighted by Crippen LogP contribution is 2.27. The number of nitrogens with zero attached hydrogens (tertiary/aromatic N) is 5. The first-order valence-corrected chi connectivity index (χ1v) is 6.65. The topological polar surface area (TPSA) is 72.3 Å². The molecule has 6 nitrogen and oxygen atoms in total. The summed E-state index contributed by atoms with van der Waals surface area (Å²) in [5.41, 5.74) is 3.20. The fourth-order valence-corrected chi connectivity index (χ4v) is 2.44. The summed E-state index contributed by atoms with van der Waals surface area (Å²) in [5, 5.41) is 5.04. The van der Waals surface area contributed by atoms with Crippen LogP contribution in [0.25, 0.3) is 28.1 Å². The van der Waals surface area contributed by atoms with E-state index >= 15 is 0 Å². The van der Waals surface area contributed by atoms with Crippen molar-refractivity contribution in [1.82, 2.24) is 29.7 Å². The van der Waals surface area contributed by atoms with Crippen molar-refractivity contribution in [2.45, 2.75) is 0 Å². The van der Waals surface area contributed by atoms with Crippen molar-refractivity contribution in [3.05, 3.63) is 54.3 Å². The van der Waals surface area contributed by atoms with E-state index in [2.05, 4.69) is 25.0 Å². The van der Waals surface area contributed by atoms with Gasteiger partial charge in [-0.1, -0.05) is 29.8 Å². The van der Waals surface area contributed by atoms with Gasteiger partial charge in [0.15, 0.2) is 11.5 Å². The number of rotatable bonds is 2. The molecule has 0 saturated carbocycles. The van der Waals surface area contributed by atoms with Gasteiger partial charge in [-0.2, -0.15) is 5.10 Å². The molecule has 3 heterocycles. The summed E-state index contributed by atoms with van der Waals surface area (Å²) < 4.78 is 1.68. The second-order valence-corrected chi connectivity index (χ2v) is 4.86. The molecule has 0 aliphatic rings. The predicted octanol–water partition coefficient (Wildman–Crippen LogP) is 2.86. The molecule has 3 aromatic heterocycles. The van der Waals surface area contributed by atoms with Gasteiger partial charge in [0.25, 0.3) is 0 Å². The van der Waals surface area contributed by atoms with Gasteiger partial charge in [0, 0.05) is 22.3 Å². The molecule has 1 aromatic carbocycles. The van der Waals surface area contributed by atoms with Crippen LogP contribution in [-0.2, 0) is 0 Å². The molecule has 0 fully saturated rings. The number of imidazole rings is 1. The number of benzene rings is 1. The van der Waals surface area contributed by atoms with Crippen molar-refractivity contribution < 1.29 is 0 Å². The zero-order valence-corrected chi connectivity index (χ0v) is 11.5. The zero-order chi connectivity index (χ0) is 14.2. The minimum Gasteiger partial charge on any atom is -0.340 e. The molecule has 0 radical (unpaired) electrons. The Morgan fingerprint density at radius 3 is 2.90 bits per heavy atom. The van der Waals surface area contributed by atoms with Crippen molar-refractivity contribution in [3.8, 4) is 16.9 Å². The van der Waals surface area contributed by atoms with E-state index in [0.717, 1.165) is 16.6 Å². The number of H-pyrrole nitrogens is 1. The first-order chi connectivity index (χ1) is 10.3. The lowest BCUT2D eigenvalue weighted by Gasteiger charge is -2.01. The van der Waals surface area contributed by atoms with Crippen molar-refractivity contribution in [2.75, 3.05) is 0 Å². The van der Waals surface area contributed by atoms with E-state index in [4.69, 9.17) is 11.6 Å². The maximum Gasteiger partial charge on any atom is 0.182 e. The molecule has 0 aliphatic heterocycles. The van der Waals surface area contributed by atoms with Gasteiger partial charge in [0.05, 0.1) is 12.5 Å². The number of halogens is 1. The highest BCUT2D eigenvalue weighted by molar-refractivity contribution is 6.33. The average molecular weight is 297 g/mol. The zero-order valence-electron chi connectivity index (χ0n) is 10.7. The summed E-state index contributed by atoms with van der Waals surface area (Å²) in [5.74, 6) is 0.649. The number of nitrogens with one attached hydrogen (secondary N) is 1. The first kappa shape index (κ1) is 12.0. The number of aromatic amines is 1. The standard InChI is InChI=1S/C14H9ClN6/c15-11-4-2-1-3-10(11)9-5-20-21(6-9)14-12-13(17-7-16-12)18-8-19-14/h1-8H,(H,16,17,18,19). The van der Waals surface area contributed by atoms with Gasteiger partial charge in [0.2, 0.25) is 0 Å². The third kappa shape index (κ3) is 1.96. The largest absolute Gasteiger partial charge is 0.340 e. The fourth-order valence-electron chi connectivity index (χ4n) is 2.20. The number of fused-ring (bicyclic) bond motifs is 1. The average Bonchev–Trinajstić information content (AvgIpc) is 3.16. The van der Waals surface area contributed by atoms with Crippen LogP contribution in [0.2, 0.25) is 5.02 Å². The van der Waals surface area contributed by atoms with E-state index in [9.17, 15) is 0 Å². The Bertz CT molecular complexity index is 926. The molecule has 0 bridgehead atoms. The van der Waals surface area contributed by atoms with Crippen LogP contribution < -0.4 is 0 Å². The predicted molar refractivity (Wildman–Crippen MR) is 79.3 cm³/mol. The van der Waals surface area contributed by atoms with Crippen molar-refractivity contribution in [3.63, 3.8) is 0 Å². The van der Waals surface area contributed by atoms with Gasteiger partial charge in [-0.25, -0.2) is 19.6 Å². The van der Waals surface area contributed by atoms with Crippen LogP contribution in [-0.4, -0.2) is 29.7 Å². The van der Waals surface area contributed by atoms with Crippen LogP contribution in [0.3, 0.4) is 0 Å². The van der Waals surface area contributed by atoms with E-state index in [1.54, 1.807) is 17.2 Å². The van der Waals surface area contributed by atoms with E-state index in [1.165, 1.54) is 6.33 Å². The number of aromatic nitrogens is 6. The molecule has 102 valence electrons. The first-order valence-electron chi connectivity index (χ1n) is 6.27. The smallest absolute Gasteiger partial charge is 0.182 e. The molecular weight excluding hydrogens is 288 g/mol. The fraction of sp³-hybridized carbons (Fsp3) is 0. The molecule has 4 rings (SSSR count). The molecule has 0 saturated heterocycles. The summed E-state index contributed by atoms with van der Waals surface area (Å²) in [6.45, 7) is 0. The Morgan fingerprint density at radius 1 is 1.10 bits per heavy atom. The maximum absolute atomic E-state index is 6.21. The monoisotopic (exact) mass is 296 g/mol. The summed E-state index contributed by atoms with van der Waals surface area (Å²) in [6.07, 6.45) is 6.69. The minimum absolute atomic E-state index is 0.606. The highest BCUT2D eigenvalue weighted by Gasteiger charge is 2.11. The van der Waals surface area contributed by atoms with Crippen LogP contribution >= 0.6 is 11.6 Å². The van der Waals surface area contributed by atoms with Gasteiger partial charge in [0.1, 0.15) is 11.8 Å². The lowest BCUT2D eigenvalue weighted by Crippen LogP contribution is -1.99. The number of hydrogen-bond donors (Lipinski definition) is 1. The molecule has 0 spiro atoms. The van der Waals surface area contributed by atoms with Crippen LogP contribution in [0, 0.1) is 0 Å². The SMILES string of the molecule is Clc1ccccc1-c1cnn(-c2ncnc3nc[nH]c23)c1. The molecule has 0 aliphatic carbocycles. The second-order valence-electron chi connectivity index (χ2n) is 4.45. The van der Waals surface area contributed by atoms with Gasteiger partial charge in [-0.3, -0.25) is 0 Å². The normalized spacial score (nSPS) is 11.1. The van der Waals surface area contributed by atoms with E-state index in [-0.39, 0.29) is 0 Å². The van der Waals surface area contributed by atoms with Crippen LogP contribution in [0.4, 0.5) is 0 Å². The Labute approximate surface area is 124 Å². The van der Waals surface area contributed by atoms with Crippen LogP contribution in [0.5, 0.6) is 0 Å². The van der Waals surface area contributed by atoms with E-state index in [0.29, 0.717) is 16.5 Å². The van der Waals surface area contributed by atoms with E-state index < -0.39 is 0 Å².